The van der Waals surface area contributed by atoms with Crippen LogP contribution >= 0.6 is 0 Å². The molecule has 7 nitrogen and oxygen atoms in total. The molecule has 0 saturated carbocycles. The highest BCUT2D eigenvalue weighted by atomic mass is 16.5. The number of benzene rings is 1. The second-order valence-electron chi connectivity index (χ2n) is 6.21. The summed E-state index contributed by atoms with van der Waals surface area (Å²) >= 11 is 0. The molecule has 146 valence electrons. The van der Waals surface area contributed by atoms with E-state index in [0.717, 1.165) is 6.54 Å². The zero-order valence-corrected chi connectivity index (χ0v) is 16.6. The van der Waals surface area contributed by atoms with Crippen molar-refractivity contribution in [2.24, 2.45) is 0 Å². The van der Waals surface area contributed by atoms with Crippen LogP contribution in [0.15, 0.2) is 6.07 Å². The summed E-state index contributed by atoms with van der Waals surface area (Å²) in [6.07, 6.45) is 0. The predicted octanol–water partition coefficient (Wildman–Crippen LogP) is 2.60. The van der Waals surface area contributed by atoms with Gasteiger partial charge in [0.15, 0.2) is 5.78 Å². The summed E-state index contributed by atoms with van der Waals surface area (Å²) < 4.78 is 15.9. The van der Waals surface area contributed by atoms with Crippen LogP contribution in [0.2, 0.25) is 0 Å². The molecule has 0 aliphatic heterocycles. The van der Waals surface area contributed by atoms with Crippen LogP contribution in [0.3, 0.4) is 0 Å². The minimum absolute atomic E-state index is 0.112. The van der Waals surface area contributed by atoms with E-state index in [1.807, 2.05) is 25.8 Å². The Morgan fingerprint density at radius 1 is 1.19 bits per heavy atom. The third-order valence-electron chi connectivity index (χ3n) is 4.61. The second kappa shape index (κ2) is 9.43. The molecule has 0 bridgehead atoms. The number of rotatable bonds is 9. The van der Waals surface area contributed by atoms with Gasteiger partial charge in [0.1, 0.15) is 29.4 Å². The molecule has 0 saturated heterocycles. The minimum Gasteiger partial charge on any atom is -0.507 e. The van der Waals surface area contributed by atoms with Gasteiger partial charge in [0, 0.05) is 24.5 Å². The van der Waals surface area contributed by atoms with Gasteiger partial charge in [0.25, 0.3) is 0 Å². The van der Waals surface area contributed by atoms with Crippen molar-refractivity contribution in [2.75, 3.05) is 34.4 Å². The molecule has 0 unspecified atom stereocenters. The number of esters is 1. The quantitative estimate of drug-likeness (QED) is 0.530. The first-order valence-electron chi connectivity index (χ1n) is 8.51. The highest BCUT2D eigenvalue weighted by Gasteiger charge is 2.31. The maximum atomic E-state index is 12.0. The number of phenolic OH excluding ortho intramolecular Hbond substituents is 1. The number of carbonyl (C=O) groups excluding carboxylic acids is 2. The average molecular weight is 367 g/mol. The van der Waals surface area contributed by atoms with E-state index in [4.69, 9.17) is 14.2 Å². The number of hydrogen-bond donors (Lipinski definition) is 1. The fraction of sp³-hybridized carbons (Fsp3) is 0.579. The van der Waals surface area contributed by atoms with Crippen molar-refractivity contribution < 1.29 is 28.9 Å². The lowest BCUT2D eigenvalue weighted by Crippen LogP contribution is -2.40. The molecule has 0 aliphatic carbocycles. The van der Waals surface area contributed by atoms with Crippen molar-refractivity contribution >= 4 is 11.8 Å². The van der Waals surface area contributed by atoms with Crippen molar-refractivity contribution in [1.82, 2.24) is 4.90 Å². The summed E-state index contributed by atoms with van der Waals surface area (Å²) in [5.74, 6) is -0.466. The lowest BCUT2D eigenvalue weighted by atomic mass is 9.88. The van der Waals surface area contributed by atoms with E-state index in [1.54, 1.807) is 6.07 Å². The van der Waals surface area contributed by atoms with Crippen molar-refractivity contribution in [1.29, 1.82) is 0 Å². The van der Waals surface area contributed by atoms with E-state index < -0.39 is 0 Å². The molecule has 1 N–H and O–H groups in total. The molecule has 0 spiro atoms. The fourth-order valence-corrected chi connectivity index (χ4v) is 3.03. The van der Waals surface area contributed by atoms with Crippen LogP contribution in [0.25, 0.3) is 0 Å². The topological polar surface area (TPSA) is 85.3 Å². The summed E-state index contributed by atoms with van der Waals surface area (Å²) in [6.45, 7) is 7.48. The molecule has 7 heteroatoms. The van der Waals surface area contributed by atoms with Crippen molar-refractivity contribution in [3.63, 3.8) is 0 Å². The van der Waals surface area contributed by atoms with Gasteiger partial charge < -0.3 is 19.3 Å². The highest BCUT2D eigenvalue weighted by molar-refractivity contribution is 6.00. The van der Waals surface area contributed by atoms with Gasteiger partial charge in [-0.1, -0.05) is 13.8 Å². The van der Waals surface area contributed by atoms with Gasteiger partial charge >= 0.3 is 5.97 Å². The number of phenols is 1. The van der Waals surface area contributed by atoms with Gasteiger partial charge in [0.05, 0.1) is 20.3 Å². The lowest BCUT2D eigenvalue weighted by Gasteiger charge is -2.33. The highest BCUT2D eigenvalue weighted by Crippen LogP contribution is 2.44. The number of likely N-dealkylation sites (N-methyl/N-ethyl adjacent to an activating group) is 1. The third kappa shape index (κ3) is 4.66. The number of ether oxygens (including phenoxy) is 3. The van der Waals surface area contributed by atoms with Crippen LogP contribution in [-0.4, -0.2) is 62.2 Å². The first-order chi connectivity index (χ1) is 12.2. The van der Waals surface area contributed by atoms with Crippen LogP contribution in [0, 0.1) is 0 Å². The maximum absolute atomic E-state index is 12.0. The molecule has 26 heavy (non-hydrogen) atoms. The third-order valence-corrected chi connectivity index (χ3v) is 4.61. The van der Waals surface area contributed by atoms with E-state index in [1.165, 1.54) is 28.1 Å². The van der Waals surface area contributed by atoms with Gasteiger partial charge in [-0.25, -0.2) is 0 Å². The predicted molar refractivity (Wildman–Crippen MR) is 98.4 cm³/mol. The Bertz CT molecular complexity index is 658. The van der Waals surface area contributed by atoms with Crippen LogP contribution in [0.4, 0.5) is 0 Å². The molecule has 0 radical (unpaired) electrons. The van der Waals surface area contributed by atoms with E-state index in [-0.39, 0.29) is 47.4 Å². The smallest absolute Gasteiger partial charge is 0.302 e. The minimum atomic E-state index is -0.373. The molecule has 1 aromatic rings. The normalized spacial score (nSPS) is 13.2. The number of aromatic hydroxyl groups is 1. The first kappa shape index (κ1) is 21.8. The molecule has 0 aromatic heterocycles. The molecular formula is C19H29NO6. The van der Waals surface area contributed by atoms with Crippen LogP contribution in [-0.2, 0) is 9.53 Å². The van der Waals surface area contributed by atoms with Crippen molar-refractivity contribution in [3.8, 4) is 17.2 Å². The Balaban J connectivity index is 3.51. The van der Waals surface area contributed by atoms with Gasteiger partial charge in [-0.05, 0) is 20.5 Å². The van der Waals surface area contributed by atoms with E-state index in [2.05, 4.69) is 0 Å². The van der Waals surface area contributed by atoms with Crippen molar-refractivity contribution in [2.45, 2.75) is 39.7 Å². The molecular weight excluding hydrogens is 338 g/mol. The van der Waals surface area contributed by atoms with E-state index in [0.29, 0.717) is 11.3 Å². The molecule has 1 rings (SSSR count). The molecule has 1 aromatic carbocycles. The second-order valence-corrected chi connectivity index (χ2v) is 6.21. The van der Waals surface area contributed by atoms with Gasteiger partial charge in [0.2, 0.25) is 0 Å². The summed E-state index contributed by atoms with van der Waals surface area (Å²) in [5, 5.41) is 10.8. The Morgan fingerprint density at radius 2 is 1.77 bits per heavy atom. The van der Waals surface area contributed by atoms with Gasteiger partial charge in [-0.2, -0.15) is 0 Å². The van der Waals surface area contributed by atoms with Crippen LogP contribution in [0.1, 0.15) is 49.5 Å². The molecule has 0 fully saturated rings. The monoisotopic (exact) mass is 367 g/mol. The summed E-state index contributed by atoms with van der Waals surface area (Å²) in [7, 11) is 4.82. The van der Waals surface area contributed by atoms with Crippen molar-refractivity contribution in [3.05, 3.63) is 17.2 Å². The number of methoxy groups -OCH3 is 2. The summed E-state index contributed by atoms with van der Waals surface area (Å²) in [4.78, 5) is 25.3. The van der Waals surface area contributed by atoms with Crippen LogP contribution < -0.4 is 9.47 Å². The van der Waals surface area contributed by atoms with Crippen LogP contribution in [0.5, 0.6) is 17.2 Å². The van der Waals surface area contributed by atoms with E-state index >= 15 is 0 Å². The standard InChI is InChI=1S/C19H29NO6/c1-8-20(5)14(10-26-13(4)22)11(2)17-15(24-6)9-16(25-7)18(12(3)21)19(17)23/h9,11,14,23H,8,10H2,1-7H3/t11-,14+/m1/s1. The van der Waals surface area contributed by atoms with Gasteiger partial charge in [-0.15, -0.1) is 0 Å². The van der Waals surface area contributed by atoms with E-state index in [9.17, 15) is 14.7 Å². The molecule has 0 heterocycles. The Morgan fingerprint density at radius 3 is 2.19 bits per heavy atom. The maximum Gasteiger partial charge on any atom is 0.302 e. The number of nitrogens with zero attached hydrogens (tertiary/aromatic N) is 1. The SMILES string of the molecule is CCN(C)[C@@H](COC(C)=O)[C@@H](C)c1c(OC)cc(OC)c(C(C)=O)c1O. The Kier molecular flexibility index (Phi) is 7.89. The summed E-state index contributed by atoms with van der Waals surface area (Å²) in [6, 6.07) is 1.38. The summed E-state index contributed by atoms with van der Waals surface area (Å²) in [5.41, 5.74) is 0.594. The largest absolute Gasteiger partial charge is 0.507 e. The first-order valence-corrected chi connectivity index (χ1v) is 8.51. The lowest BCUT2D eigenvalue weighted by molar-refractivity contribution is -0.142. The van der Waals surface area contributed by atoms with Gasteiger partial charge in [-0.3, -0.25) is 14.5 Å². The number of carbonyl (C=O) groups is 2. The molecule has 0 aliphatic rings. The zero-order chi connectivity index (χ0) is 20.0. The Hall–Kier alpha value is -2.28. The number of Topliss-reactive ketones (excluding diaryl/α,β-unsaturated/α-hetero) is 1. The molecule has 2 atom stereocenters. The number of ketones is 1. The number of hydrogen-bond acceptors (Lipinski definition) is 7. The zero-order valence-electron chi connectivity index (χ0n) is 16.6. The fourth-order valence-electron chi connectivity index (χ4n) is 3.03. The Labute approximate surface area is 154 Å². The molecule has 0 amide bonds. The average Bonchev–Trinajstić information content (AvgIpc) is 2.59.